The van der Waals surface area contributed by atoms with Gasteiger partial charge < -0.3 is 0 Å². The Kier molecular flexibility index (Phi) is 4.44. The van der Waals surface area contributed by atoms with E-state index in [0.717, 1.165) is 23.4 Å². The van der Waals surface area contributed by atoms with Gasteiger partial charge in [-0.1, -0.05) is 12.1 Å². The summed E-state index contributed by atoms with van der Waals surface area (Å²) in [4.78, 5) is 11.3. The molecule has 3 rings (SSSR count). The van der Waals surface area contributed by atoms with Crippen LogP contribution in [0, 0.1) is 0 Å². The van der Waals surface area contributed by atoms with Crippen LogP contribution in [0.3, 0.4) is 0 Å². The minimum absolute atomic E-state index is 0.0106. The van der Waals surface area contributed by atoms with Crippen molar-refractivity contribution in [3.05, 3.63) is 83.9 Å². The number of nitrogens with zero attached hydrogens (tertiary/aromatic N) is 2. The molecular formula is C19H16F3N2O+. The highest BCUT2D eigenvalue weighted by molar-refractivity contribution is 5.94. The third-order valence-corrected chi connectivity index (χ3v) is 3.91. The van der Waals surface area contributed by atoms with Crippen LogP contribution in [0.25, 0.3) is 5.69 Å². The molecule has 0 aliphatic rings. The van der Waals surface area contributed by atoms with E-state index in [0.29, 0.717) is 12.1 Å². The first-order valence-electron chi connectivity index (χ1n) is 7.67. The number of Topliss-reactive ketones (excluding diaryl/α,β-unsaturated/α-hetero) is 1. The van der Waals surface area contributed by atoms with Crippen molar-refractivity contribution in [1.29, 1.82) is 0 Å². The molecule has 0 spiro atoms. The Bertz CT molecular complexity index is 878. The summed E-state index contributed by atoms with van der Waals surface area (Å²) in [5.74, 6) is 0.0106. The SMILES string of the molecule is CC(=O)c1ccc(-n2cc[n+](Cc3ccc(C(F)(F)F)cc3)c2)cc1. The number of ketones is 1. The number of halogens is 3. The van der Waals surface area contributed by atoms with E-state index in [1.807, 2.05) is 40.0 Å². The van der Waals surface area contributed by atoms with Crippen molar-refractivity contribution < 1.29 is 22.5 Å². The van der Waals surface area contributed by atoms with E-state index in [2.05, 4.69) is 0 Å². The van der Waals surface area contributed by atoms with Crippen LogP contribution < -0.4 is 4.57 Å². The van der Waals surface area contributed by atoms with Gasteiger partial charge in [0.25, 0.3) is 0 Å². The maximum atomic E-state index is 12.6. The lowest BCUT2D eigenvalue weighted by Crippen LogP contribution is -2.31. The molecule has 0 amide bonds. The Morgan fingerprint density at radius 2 is 1.68 bits per heavy atom. The fourth-order valence-corrected chi connectivity index (χ4v) is 2.52. The Hall–Kier alpha value is -2.89. The summed E-state index contributed by atoms with van der Waals surface area (Å²) in [6.45, 7) is 1.99. The third kappa shape index (κ3) is 3.96. The zero-order valence-electron chi connectivity index (χ0n) is 13.5. The number of alkyl halides is 3. The van der Waals surface area contributed by atoms with E-state index in [1.54, 1.807) is 12.1 Å². The van der Waals surface area contributed by atoms with Crippen molar-refractivity contribution in [2.24, 2.45) is 0 Å². The Morgan fingerprint density at radius 1 is 1.04 bits per heavy atom. The lowest BCUT2D eigenvalue weighted by molar-refractivity contribution is -0.687. The molecule has 128 valence electrons. The lowest BCUT2D eigenvalue weighted by Gasteiger charge is -2.06. The molecule has 0 aliphatic carbocycles. The Morgan fingerprint density at radius 3 is 2.24 bits per heavy atom. The van der Waals surface area contributed by atoms with Gasteiger partial charge in [0.2, 0.25) is 6.33 Å². The largest absolute Gasteiger partial charge is 0.416 e. The molecule has 0 radical (unpaired) electrons. The quantitative estimate of drug-likeness (QED) is 0.518. The number of hydrogen-bond acceptors (Lipinski definition) is 1. The molecule has 0 bridgehead atoms. The van der Waals surface area contributed by atoms with E-state index in [4.69, 9.17) is 0 Å². The van der Waals surface area contributed by atoms with E-state index in [9.17, 15) is 18.0 Å². The molecule has 0 atom stereocenters. The van der Waals surface area contributed by atoms with Crippen LogP contribution in [0.2, 0.25) is 0 Å². The fourth-order valence-electron chi connectivity index (χ4n) is 2.52. The van der Waals surface area contributed by atoms with Gasteiger partial charge in [-0.05, 0) is 48.9 Å². The number of aromatic nitrogens is 2. The summed E-state index contributed by atoms with van der Waals surface area (Å²) in [6.07, 6.45) is 1.23. The second-order valence-corrected chi connectivity index (χ2v) is 5.79. The van der Waals surface area contributed by atoms with E-state index < -0.39 is 11.7 Å². The van der Waals surface area contributed by atoms with Gasteiger partial charge in [-0.25, -0.2) is 9.13 Å². The zero-order valence-corrected chi connectivity index (χ0v) is 13.5. The highest BCUT2D eigenvalue weighted by Gasteiger charge is 2.29. The summed E-state index contributed by atoms with van der Waals surface area (Å²) in [5.41, 5.74) is 1.68. The topological polar surface area (TPSA) is 25.9 Å². The minimum Gasteiger partial charge on any atom is -0.295 e. The Balaban J connectivity index is 1.74. The monoisotopic (exact) mass is 345 g/mol. The van der Waals surface area contributed by atoms with E-state index in [1.165, 1.54) is 19.1 Å². The highest BCUT2D eigenvalue weighted by Crippen LogP contribution is 2.29. The number of benzene rings is 2. The average Bonchev–Trinajstić information content (AvgIpc) is 3.03. The first-order chi connectivity index (χ1) is 11.8. The number of hydrogen-bond donors (Lipinski definition) is 0. The summed E-state index contributed by atoms with van der Waals surface area (Å²) < 4.78 is 41.5. The maximum absolute atomic E-state index is 12.6. The first kappa shape index (κ1) is 17.0. The second-order valence-electron chi connectivity index (χ2n) is 5.79. The van der Waals surface area contributed by atoms with Crippen molar-refractivity contribution in [2.45, 2.75) is 19.6 Å². The van der Waals surface area contributed by atoms with Crippen LogP contribution in [0.15, 0.2) is 67.3 Å². The number of carbonyl (C=O) groups is 1. The summed E-state index contributed by atoms with van der Waals surface area (Å²) in [6, 6.07) is 12.4. The first-order valence-corrected chi connectivity index (χ1v) is 7.67. The molecule has 0 aliphatic heterocycles. The molecule has 0 saturated heterocycles. The average molecular weight is 345 g/mol. The normalized spacial score (nSPS) is 11.5. The van der Waals surface area contributed by atoms with Crippen molar-refractivity contribution in [1.82, 2.24) is 4.57 Å². The standard InChI is InChI=1S/C19H16F3N2O/c1-14(25)16-4-8-18(9-5-16)24-11-10-23(13-24)12-15-2-6-17(7-3-15)19(20,21)22/h2-11,13H,12H2,1H3/q+1. The number of rotatable bonds is 4. The molecule has 0 fully saturated rings. The van der Waals surface area contributed by atoms with Crippen molar-refractivity contribution in [3.8, 4) is 5.69 Å². The molecule has 0 N–H and O–H groups in total. The van der Waals surface area contributed by atoms with Crippen molar-refractivity contribution in [2.75, 3.05) is 0 Å². The summed E-state index contributed by atoms with van der Waals surface area (Å²) in [7, 11) is 0. The Labute approximate surface area is 143 Å². The van der Waals surface area contributed by atoms with Crippen LogP contribution >= 0.6 is 0 Å². The van der Waals surface area contributed by atoms with Gasteiger partial charge in [-0.2, -0.15) is 13.2 Å². The third-order valence-electron chi connectivity index (χ3n) is 3.91. The van der Waals surface area contributed by atoms with Gasteiger partial charge in [0.1, 0.15) is 24.6 Å². The summed E-state index contributed by atoms with van der Waals surface area (Å²) in [5, 5.41) is 0. The van der Waals surface area contributed by atoms with Crippen LogP contribution in [0.1, 0.15) is 28.4 Å². The van der Waals surface area contributed by atoms with E-state index in [-0.39, 0.29) is 5.78 Å². The molecule has 3 nitrogen and oxygen atoms in total. The van der Waals surface area contributed by atoms with Gasteiger partial charge in [-0.3, -0.25) is 4.79 Å². The molecule has 25 heavy (non-hydrogen) atoms. The van der Waals surface area contributed by atoms with Gasteiger partial charge >= 0.3 is 6.18 Å². The van der Waals surface area contributed by atoms with Crippen molar-refractivity contribution >= 4 is 5.78 Å². The van der Waals surface area contributed by atoms with Gasteiger partial charge in [0.05, 0.1) is 5.56 Å². The number of carbonyl (C=O) groups excluding carboxylic acids is 1. The molecule has 0 unspecified atom stereocenters. The predicted molar refractivity (Wildman–Crippen MR) is 86.5 cm³/mol. The number of imidazole rings is 1. The molecular weight excluding hydrogens is 329 g/mol. The van der Waals surface area contributed by atoms with Crippen LogP contribution in [0.4, 0.5) is 13.2 Å². The van der Waals surface area contributed by atoms with Gasteiger partial charge in [0.15, 0.2) is 5.78 Å². The van der Waals surface area contributed by atoms with Gasteiger partial charge in [-0.15, -0.1) is 0 Å². The minimum atomic E-state index is -4.32. The zero-order chi connectivity index (χ0) is 18.0. The predicted octanol–water partition coefficient (Wildman–Crippen LogP) is 4.03. The molecule has 1 heterocycles. The van der Waals surface area contributed by atoms with Crippen LogP contribution in [-0.2, 0) is 12.7 Å². The summed E-state index contributed by atoms with van der Waals surface area (Å²) >= 11 is 0. The molecule has 2 aromatic carbocycles. The fraction of sp³-hybridized carbons (Fsp3) is 0.158. The molecule has 1 aromatic heterocycles. The van der Waals surface area contributed by atoms with E-state index >= 15 is 0 Å². The maximum Gasteiger partial charge on any atom is 0.416 e. The lowest BCUT2D eigenvalue weighted by atomic mass is 10.1. The van der Waals surface area contributed by atoms with Crippen LogP contribution in [0.5, 0.6) is 0 Å². The molecule has 0 saturated carbocycles. The van der Waals surface area contributed by atoms with Crippen molar-refractivity contribution in [3.63, 3.8) is 0 Å². The van der Waals surface area contributed by atoms with Crippen LogP contribution in [-0.4, -0.2) is 10.4 Å². The molecule has 6 heteroatoms. The smallest absolute Gasteiger partial charge is 0.295 e. The molecule has 3 aromatic rings. The second kappa shape index (κ2) is 6.55. The van der Waals surface area contributed by atoms with Gasteiger partial charge in [0, 0.05) is 5.56 Å². The highest BCUT2D eigenvalue weighted by atomic mass is 19.4.